The Kier molecular flexibility index (Phi) is 13.7. The monoisotopic (exact) mass is 496 g/mol. The summed E-state index contributed by atoms with van der Waals surface area (Å²) in [6, 6.07) is 16.0. The van der Waals surface area contributed by atoms with Gasteiger partial charge in [-0.25, -0.2) is 0 Å². The molecule has 0 aromatic heterocycles. The van der Waals surface area contributed by atoms with Crippen molar-refractivity contribution in [2.24, 2.45) is 32.9 Å². The standard InChI is InChI=1S/C28H44N6O2/c1-2-3-4-5-6-7-8-9-26(35-24-14-10-22(11-15-24)18-20-33-27(29)30)36-25-16-12-23(13-17-25)19-21-34-28(31)32/h10-17,26H,2-9,18-21H2,1H3,(H4,29,30,33)(H4,31,32,34). The minimum absolute atomic E-state index is 0.113. The van der Waals surface area contributed by atoms with E-state index >= 15 is 0 Å². The quantitative estimate of drug-likeness (QED) is 0.105. The van der Waals surface area contributed by atoms with Crippen LogP contribution in [0.15, 0.2) is 58.5 Å². The summed E-state index contributed by atoms with van der Waals surface area (Å²) in [6.45, 7) is 3.37. The molecule has 2 aromatic carbocycles. The molecule has 198 valence electrons. The molecule has 8 heteroatoms. The molecule has 0 saturated heterocycles. The molecule has 0 aliphatic heterocycles. The first-order valence-electron chi connectivity index (χ1n) is 13.1. The van der Waals surface area contributed by atoms with Crippen LogP contribution in [0, 0.1) is 0 Å². The Bertz CT molecular complexity index is 837. The van der Waals surface area contributed by atoms with Crippen molar-refractivity contribution >= 4 is 11.9 Å². The molecular weight excluding hydrogens is 452 g/mol. The van der Waals surface area contributed by atoms with Crippen molar-refractivity contribution in [1.82, 2.24) is 0 Å². The highest BCUT2D eigenvalue weighted by Gasteiger charge is 2.13. The van der Waals surface area contributed by atoms with Gasteiger partial charge in [0.1, 0.15) is 11.5 Å². The zero-order valence-electron chi connectivity index (χ0n) is 21.7. The first kappa shape index (κ1) is 28.8. The third-order valence-corrected chi connectivity index (χ3v) is 5.81. The number of rotatable bonds is 18. The maximum Gasteiger partial charge on any atom is 0.241 e. The molecule has 0 bridgehead atoms. The Labute approximate surface area is 216 Å². The van der Waals surface area contributed by atoms with E-state index < -0.39 is 0 Å². The number of unbranched alkanes of at least 4 members (excludes halogenated alkanes) is 6. The van der Waals surface area contributed by atoms with Crippen LogP contribution in [0.5, 0.6) is 11.5 Å². The third kappa shape index (κ3) is 12.9. The highest BCUT2D eigenvalue weighted by Crippen LogP contribution is 2.21. The van der Waals surface area contributed by atoms with Crippen LogP contribution in [-0.4, -0.2) is 31.3 Å². The molecule has 0 spiro atoms. The van der Waals surface area contributed by atoms with Crippen LogP contribution in [0.25, 0.3) is 0 Å². The van der Waals surface area contributed by atoms with E-state index in [0.29, 0.717) is 13.1 Å². The summed E-state index contributed by atoms with van der Waals surface area (Å²) >= 11 is 0. The van der Waals surface area contributed by atoms with Gasteiger partial charge in [0.05, 0.1) is 0 Å². The van der Waals surface area contributed by atoms with Crippen LogP contribution >= 0.6 is 0 Å². The predicted octanol–water partition coefficient (Wildman–Crippen LogP) is 4.24. The molecule has 8 N–H and O–H groups in total. The molecule has 0 fully saturated rings. The first-order valence-corrected chi connectivity index (χ1v) is 13.1. The molecule has 2 rings (SSSR count). The van der Waals surface area contributed by atoms with Crippen LogP contribution in [0.3, 0.4) is 0 Å². The van der Waals surface area contributed by atoms with E-state index in [2.05, 4.69) is 16.9 Å². The summed E-state index contributed by atoms with van der Waals surface area (Å²) in [7, 11) is 0. The molecule has 0 aliphatic carbocycles. The van der Waals surface area contributed by atoms with Gasteiger partial charge >= 0.3 is 0 Å². The molecule has 0 radical (unpaired) electrons. The number of nitrogens with two attached hydrogens (primary N) is 4. The molecule has 0 amide bonds. The topological polar surface area (TPSA) is 147 Å². The van der Waals surface area contributed by atoms with Crippen molar-refractivity contribution in [1.29, 1.82) is 0 Å². The van der Waals surface area contributed by atoms with Gasteiger partial charge in [0.15, 0.2) is 11.9 Å². The van der Waals surface area contributed by atoms with E-state index in [1.165, 1.54) is 38.5 Å². The fraction of sp³-hybridized carbons (Fsp3) is 0.500. The predicted molar refractivity (Wildman–Crippen MR) is 149 cm³/mol. The highest BCUT2D eigenvalue weighted by molar-refractivity contribution is 5.75. The van der Waals surface area contributed by atoms with Crippen LogP contribution in [-0.2, 0) is 12.8 Å². The summed E-state index contributed by atoms with van der Waals surface area (Å²) in [5.74, 6) is 1.79. The maximum absolute atomic E-state index is 6.25. The average Bonchev–Trinajstić information content (AvgIpc) is 2.85. The van der Waals surface area contributed by atoms with Gasteiger partial charge in [0.2, 0.25) is 6.29 Å². The summed E-state index contributed by atoms with van der Waals surface area (Å²) in [5, 5.41) is 0. The van der Waals surface area contributed by atoms with Gasteiger partial charge < -0.3 is 32.4 Å². The van der Waals surface area contributed by atoms with Crippen molar-refractivity contribution < 1.29 is 9.47 Å². The summed E-state index contributed by atoms with van der Waals surface area (Å²) < 4.78 is 12.5. The van der Waals surface area contributed by atoms with E-state index in [1.54, 1.807) is 0 Å². The van der Waals surface area contributed by atoms with Gasteiger partial charge in [-0.2, -0.15) is 0 Å². The van der Waals surface area contributed by atoms with Gasteiger partial charge in [-0.1, -0.05) is 69.7 Å². The Morgan fingerprint density at radius 3 is 1.47 bits per heavy atom. The number of hydrogen-bond acceptors (Lipinski definition) is 4. The van der Waals surface area contributed by atoms with Crippen molar-refractivity contribution in [3.8, 4) is 11.5 Å². The lowest BCUT2D eigenvalue weighted by Gasteiger charge is -2.21. The molecule has 8 nitrogen and oxygen atoms in total. The second-order valence-corrected chi connectivity index (χ2v) is 8.98. The number of nitrogens with zero attached hydrogens (tertiary/aromatic N) is 2. The second kappa shape index (κ2) is 17.1. The Hall–Kier alpha value is -3.42. The van der Waals surface area contributed by atoms with Crippen LogP contribution in [0.2, 0.25) is 0 Å². The smallest absolute Gasteiger partial charge is 0.241 e. The first-order chi connectivity index (χ1) is 17.5. The maximum atomic E-state index is 6.25. The lowest BCUT2D eigenvalue weighted by molar-refractivity contribution is -0.00248. The van der Waals surface area contributed by atoms with Crippen molar-refractivity contribution in [3.63, 3.8) is 0 Å². The number of benzene rings is 2. The third-order valence-electron chi connectivity index (χ3n) is 5.81. The van der Waals surface area contributed by atoms with Gasteiger partial charge in [-0.05, 0) is 54.7 Å². The van der Waals surface area contributed by atoms with Gasteiger partial charge in [0, 0.05) is 19.5 Å². The van der Waals surface area contributed by atoms with Crippen molar-refractivity contribution in [2.75, 3.05) is 13.1 Å². The lowest BCUT2D eigenvalue weighted by atomic mass is 10.1. The number of guanidine groups is 2. The molecule has 0 atom stereocenters. The van der Waals surface area contributed by atoms with Gasteiger partial charge in [-0.3, -0.25) is 9.98 Å². The Morgan fingerprint density at radius 2 is 1.06 bits per heavy atom. The fourth-order valence-electron chi connectivity index (χ4n) is 3.81. The minimum Gasteiger partial charge on any atom is -0.455 e. The average molecular weight is 497 g/mol. The second-order valence-electron chi connectivity index (χ2n) is 8.98. The molecule has 0 aliphatic rings. The van der Waals surface area contributed by atoms with E-state index in [9.17, 15) is 0 Å². The van der Waals surface area contributed by atoms with Crippen LogP contribution in [0.4, 0.5) is 0 Å². The summed E-state index contributed by atoms with van der Waals surface area (Å²) in [4.78, 5) is 8.07. The lowest BCUT2D eigenvalue weighted by Crippen LogP contribution is -2.24. The van der Waals surface area contributed by atoms with E-state index in [-0.39, 0.29) is 18.2 Å². The zero-order chi connectivity index (χ0) is 26.0. The summed E-state index contributed by atoms with van der Waals surface area (Å²) in [5.41, 5.74) is 23.9. The van der Waals surface area contributed by atoms with Gasteiger partial charge in [0.25, 0.3) is 0 Å². The number of hydrogen-bond donors (Lipinski definition) is 4. The molecule has 0 heterocycles. The van der Waals surface area contributed by atoms with Crippen molar-refractivity contribution in [3.05, 3.63) is 59.7 Å². The molecular formula is C28H44N6O2. The van der Waals surface area contributed by atoms with E-state index in [1.807, 2.05) is 48.5 Å². The minimum atomic E-state index is -0.361. The molecule has 36 heavy (non-hydrogen) atoms. The molecule has 0 saturated carbocycles. The van der Waals surface area contributed by atoms with Crippen LogP contribution in [0.1, 0.15) is 69.4 Å². The normalized spacial score (nSPS) is 10.7. The van der Waals surface area contributed by atoms with Crippen LogP contribution < -0.4 is 32.4 Å². The molecule has 0 unspecified atom stereocenters. The summed E-state index contributed by atoms with van der Waals surface area (Å²) in [6.07, 6.45) is 10.7. The number of aliphatic imine (C=N–C) groups is 2. The van der Waals surface area contributed by atoms with Crippen molar-refractivity contribution in [2.45, 2.75) is 77.4 Å². The Morgan fingerprint density at radius 1 is 0.639 bits per heavy atom. The van der Waals surface area contributed by atoms with E-state index in [0.717, 1.165) is 48.3 Å². The molecule has 2 aromatic rings. The highest BCUT2D eigenvalue weighted by atomic mass is 16.7. The SMILES string of the molecule is CCCCCCCCCC(Oc1ccc(CCN=C(N)N)cc1)Oc1ccc(CCN=C(N)N)cc1. The van der Waals surface area contributed by atoms with Gasteiger partial charge in [-0.15, -0.1) is 0 Å². The largest absolute Gasteiger partial charge is 0.455 e. The van der Waals surface area contributed by atoms with E-state index in [4.69, 9.17) is 32.4 Å². The Balaban J connectivity index is 1.93. The fourth-order valence-corrected chi connectivity index (χ4v) is 3.81. The zero-order valence-corrected chi connectivity index (χ0v) is 21.7. The number of ether oxygens (including phenoxy) is 2.